The summed E-state index contributed by atoms with van der Waals surface area (Å²) < 4.78 is 0. The monoisotopic (exact) mass is 249 g/mol. The van der Waals surface area contributed by atoms with E-state index in [4.69, 9.17) is 0 Å². The number of nitrogens with zero attached hydrogens (tertiary/aromatic N) is 1. The van der Waals surface area contributed by atoms with Gasteiger partial charge >= 0.3 is 0 Å². The van der Waals surface area contributed by atoms with Crippen molar-refractivity contribution in [3.63, 3.8) is 0 Å². The summed E-state index contributed by atoms with van der Waals surface area (Å²) in [5.41, 5.74) is 2.04. The average Bonchev–Trinajstić information content (AvgIpc) is 2.39. The lowest BCUT2D eigenvalue weighted by molar-refractivity contribution is 0.101. The Hall–Kier alpha value is -0.960. The van der Waals surface area contributed by atoms with Gasteiger partial charge in [-0.2, -0.15) is 11.8 Å². The smallest absolute Gasteiger partial charge is 0.159 e. The van der Waals surface area contributed by atoms with Crippen LogP contribution in [0.1, 0.15) is 30.6 Å². The Labute approximate surface area is 107 Å². The summed E-state index contributed by atoms with van der Waals surface area (Å²) in [7, 11) is 0. The van der Waals surface area contributed by atoms with Crippen LogP contribution in [0.4, 0.5) is 5.69 Å². The Morgan fingerprint density at radius 1 is 1.41 bits per heavy atom. The lowest BCUT2D eigenvalue weighted by Gasteiger charge is -2.33. The zero-order valence-electron chi connectivity index (χ0n) is 10.5. The van der Waals surface area contributed by atoms with Crippen LogP contribution in [0.25, 0.3) is 0 Å². The van der Waals surface area contributed by atoms with E-state index in [1.807, 2.05) is 12.1 Å². The number of anilines is 1. The van der Waals surface area contributed by atoms with Crippen LogP contribution >= 0.6 is 11.8 Å². The van der Waals surface area contributed by atoms with E-state index in [9.17, 15) is 4.79 Å². The van der Waals surface area contributed by atoms with Gasteiger partial charge in [-0.1, -0.05) is 6.92 Å². The molecule has 17 heavy (non-hydrogen) atoms. The van der Waals surface area contributed by atoms with Crippen LogP contribution in [-0.2, 0) is 0 Å². The minimum absolute atomic E-state index is 0.136. The Balaban J connectivity index is 2.08. The molecule has 0 N–H and O–H groups in total. The highest BCUT2D eigenvalue weighted by Crippen LogP contribution is 2.25. The molecular weight excluding hydrogens is 230 g/mol. The van der Waals surface area contributed by atoms with Gasteiger partial charge in [-0.05, 0) is 37.6 Å². The number of carbonyl (C=O) groups excluding carboxylic acids is 1. The third-order valence-corrected chi connectivity index (χ3v) is 4.61. The Kier molecular flexibility index (Phi) is 4.11. The second-order valence-corrected chi connectivity index (χ2v) is 5.86. The van der Waals surface area contributed by atoms with Crippen molar-refractivity contribution in [2.75, 3.05) is 23.7 Å². The molecule has 1 aliphatic rings. The average molecular weight is 249 g/mol. The van der Waals surface area contributed by atoms with Crippen molar-refractivity contribution in [1.29, 1.82) is 0 Å². The quantitative estimate of drug-likeness (QED) is 0.767. The molecule has 1 unspecified atom stereocenters. The molecule has 0 saturated carbocycles. The van der Waals surface area contributed by atoms with Gasteiger partial charge in [-0.15, -0.1) is 0 Å². The first-order valence-electron chi connectivity index (χ1n) is 6.18. The summed E-state index contributed by atoms with van der Waals surface area (Å²) in [6.07, 6.45) is 1.23. The van der Waals surface area contributed by atoms with E-state index >= 15 is 0 Å². The van der Waals surface area contributed by atoms with Crippen LogP contribution in [0.5, 0.6) is 0 Å². The van der Waals surface area contributed by atoms with Crippen LogP contribution in [0, 0.1) is 0 Å². The maximum absolute atomic E-state index is 11.2. The molecule has 0 amide bonds. The van der Waals surface area contributed by atoms with Gasteiger partial charge in [-0.25, -0.2) is 0 Å². The molecule has 0 spiro atoms. The molecule has 2 nitrogen and oxygen atoms in total. The van der Waals surface area contributed by atoms with Crippen molar-refractivity contribution in [1.82, 2.24) is 0 Å². The Morgan fingerprint density at radius 2 is 2.12 bits per heavy atom. The third-order valence-electron chi connectivity index (χ3n) is 3.23. The van der Waals surface area contributed by atoms with E-state index in [0.29, 0.717) is 0 Å². The summed E-state index contributed by atoms with van der Waals surface area (Å²) in [5, 5.41) is 0.747. The lowest BCUT2D eigenvalue weighted by atomic mass is 10.1. The molecule has 1 aromatic carbocycles. The van der Waals surface area contributed by atoms with Gasteiger partial charge in [0.25, 0.3) is 0 Å². The molecule has 2 rings (SSSR count). The second-order valence-electron chi connectivity index (χ2n) is 4.45. The highest BCUT2D eigenvalue weighted by atomic mass is 32.2. The molecule has 0 bridgehead atoms. The molecule has 1 heterocycles. The van der Waals surface area contributed by atoms with Crippen molar-refractivity contribution >= 4 is 23.2 Å². The normalized spacial score (nSPS) is 20.4. The van der Waals surface area contributed by atoms with E-state index in [0.717, 1.165) is 23.9 Å². The SMILES string of the molecule is CCC1CN(c2ccc(C(C)=O)cc2)CCS1. The first-order valence-corrected chi connectivity index (χ1v) is 7.23. The van der Waals surface area contributed by atoms with Gasteiger partial charge in [0.2, 0.25) is 0 Å². The zero-order chi connectivity index (χ0) is 12.3. The first-order chi connectivity index (χ1) is 8.20. The maximum atomic E-state index is 11.2. The van der Waals surface area contributed by atoms with Gasteiger partial charge in [-0.3, -0.25) is 4.79 Å². The third kappa shape index (κ3) is 3.03. The van der Waals surface area contributed by atoms with E-state index in [1.54, 1.807) is 6.92 Å². The number of carbonyl (C=O) groups is 1. The fourth-order valence-electron chi connectivity index (χ4n) is 2.11. The number of hydrogen-bond donors (Lipinski definition) is 0. The molecule has 1 aromatic rings. The molecule has 1 fully saturated rings. The van der Waals surface area contributed by atoms with Crippen molar-refractivity contribution in [2.24, 2.45) is 0 Å². The lowest BCUT2D eigenvalue weighted by Crippen LogP contribution is -2.37. The predicted octanol–water partition coefficient (Wildman–Crippen LogP) is 3.22. The van der Waals surface area contributed by atoms with Crippen molar-refractivity contribution in [3.8, 4) is 0 Å². The molecule has 1 atom stereocenters. The Morgan fingerprint density at radius 3 is 2.71 bits per heavy atom. The molecule has 1 saturated heterocycles. The number of rotatable bonds is 3. The minimum Gasteiger partial charge on any atom is -0.370 e. The van der Waals surface area contributed by atoms with Crippen molar-refractivity contribution in [3.05, 3.63) is 29.8 Å². The molecule has 0 aromatic heterocycles. The van der Waals surface area contributed by atoms with E-state index in [2.05, 4.69) is 35.7 Å². The van der Waals surface area contributed by atoms with Crippen LogP contribution in [0.3, 0.4) is 0 Å². The molecule has 0 aliphatic carbocycles. The number of thioether (sulfide) groups is 1. The fourth-order valence-corrected chi connectivity index (χ4v) is 3.29. The number of Topliss-reactive ketones (excluding diaryl/α,β-unsaturated/α-hetero) is 1. The van der Waals surface area contributed by atoms with Crippen LogP contribution < -0.4 is 4.90 Å². The minimum atomic E-state index is 0.136. The van der Waals surface area contributed by atoms with E-state index in [1.165, 1.54) is 17.9 Å². The molecule has 92 valence electrons. The van der Waals surface area contributed by atoms with Crippen molar-refractivity contribution in [2.45, 2.75) is 25.5 Å². The van der Waals surface area contributed by atoms with E-state index < -0.39 is 0 Å². The fraction of sp³-hybridized carbons (Fsp3) is 0.500. The van der Waals surface area contributed by atoms with Crippen molar-refractivity contribution < 1.29 is 4.79 Å². The maximum Gasteiger partial charge on any atom is 0.159 e. The molecule has 0 radical (unpaired) electrons. The summed E-state index contributed by atoms with van der Waals surface area (Å²) in [6, 6.07) is 8.00. The van der Waals surface area contributed by atoms with Gasteiger partial charge in [0.15, 0.2) is 5.78 Å². The van der Waals surface area contributed by atoms with Gasteiger partial charge in [0.05, 0.1) is 0 Å². The van der Waals surface area contributed by atoms with Crippen LogP contribution in [-0.4, -0.2) is 29.9 Å². The molecular formula is C14H19NOS. The number of benzene rings is 1. The highest BCUT2D eigenvalue weighted by Gasteiger charge is 2.19. The van der Waals surface area contributed by atoms with Gasteiger partial charge in [0.1, 0.15) is 0 Å². The molecule has 3 heteroatoms. The van der Waals surface area contributed by atoms with Gasteiger partial charge < -0.3 is 4.90 Å². The summed E-state index contributed by atoms with van der Waals surface area (Å²) in [4.78, 5) is 13.6. The first kappa shape index (κ1) is 12.5. The summed E-state index contributed by atoms with van der Waals surface area (Å²) in [6.45, 7) is 6.10. The van der Waals surface area contributed by atoms with Crippen LogP contribution in [0.2, 0.25) is 0 Å². The van der Waals surface area contributed by atoms with Crippen LogP contribution in [0.15, 0.2) is 24.3 Å². The topological polar surface area (TPSA) is 20.3 Å². The highest BCUT2D eigenvalue weighted by molar-refractivity contribution is 8.00. The van der Waals surface area contributed by atoms with Gasteiger partial charge in [0, 0.05) is 35.3 Å². The zero-order valence-corrected chi connectivity index (χ0v) is 11.3. The number of hydrogen-bond acceptors (Lipinski definition) is 3. The Bertz CT molecular complexity index is 388. The summed E-state index contributed by atoms with van der Waals surface area (Å²) >= 11 is 2.07. The summed E-state index contributed by atoms with van der Waals surface area (Å²) in [5.74, 6) is 1.34. The second kappa shape index (κ2) is 5.58. The standard InChI is InChI=1S/C14H19NOS/c1-3-14-10-15(8-9-17-14)13-6-4-12(5-7-13)11(2)16/h4-7,14H,3,8-10H2,1-2H3. The molecule has 1 aliphatic heterocycles. The largest absolute Gasteiger partial charge is 0.370 e. The predicted molar refractivity (Wildman–Crippen MR) is 75.2 cm³/mol. The van der Waals surface area contributed by atoms with E-state index in [-0.39, 0.29) is 5.78 Å². The number of ketones is 1.